The lowest BCUT2D eigenvalue weighted by molar-refractivity contribution is 0.196. The number of ether oxygens (including phenoxy) is 2. The molecule has 4 aromatic rings. The van der Waals surface area contributed by atoms with Crippen LogP contribution in [0.15, 0.2) is 30.6 Å². The predicted octanol–water partition coefficient (Wildman–Crippen LogP) is 3.93. The fraction of sp³-hybridized carbons (Fsp3) is 0.417. The minimum atomic E-state index is 0.463. The van der Waals surface area contributed by atoms with Gasteiger partial charge in [-0.05, 0) is 45.1 Å². The smallest absolute Gasteiger partial charge is 0.257 e. The number of nitrogens with zero attached hydrogens (tertiary/aromatic N) is 4. The Morgan fingerprint density at radius 2 is 2.00 bits per heavy atom. The fourth-order valence-electron chi connectivity index (χ4n) is 4.68. The van der Waals surface area contributed by atoms with Crippen LogP contribution in [-0.4, -0.2) is 71.4 Å². The summed E-state index contributed by atoms with van der Waals surface area (Å²) in [5.41, 5.74) is 4.51. The Hall–Kier alpha value is -2.81. The number of rotatable bonds is 7. The van der Waals surface area contributed by atoms with Gasteiger partial charge in [-0.25, -0.2) is 9.97 Å². The van der Waals surface area contributed by atoms with Crippen molar-refractivity contribution in [1.82, 2.24) is 29.7 Å². The zero-order chi connectivity index (χ0) is 22.9. The summed E-state index contributed by atoms with van der Waals surface area (Å²) in [4.78, 5) is 15.2. The molecule has 0 aliphatic carbocycles. The summed E-state index contributed by atoms with van der Waals surface area (Å²) in [6.45, 7) is 4.06. The van der Waals surface area contributed by atoms with Crippen molar-refractivity contribution in [2.24, 2.45) is 0 Å². The largest absolute Gasteiger partial charge is 0.491 e. The molecule has 1 aliphatic rings. The molecule has 5 rings (SSSR count). The lowest BCUT2D eigenvalue weighted by Gasteiger charge is -2.31. The predicted molar refractivity (Wildman–Crippen MR) is 131 cm³/mol. The highest BCUT2D eigenvalue weighted by atomic mass is 35.5. The minimum Gasteiger partial charge on any atom is -0.491 e. The molecular weight excluding hydrogens is 440 g/mol. The molecule has 0 bridgehead atoms. The third-order valence-corrected chi connectivity index (χ3v) is 6.95. The van der Waals surface area contributed by atoms with E-state index in [0.29, 0.717) is 22.7 Å². The summed E-state index contributed by atoms with van der Waals surface area (Å²) in [6.07, 6.45) is 6.22. The monoisotopic (exact) mass is 468 g/mol. The zero-order valence-corrected chi connectivity index (χ0v) is 19.9. The average molecular weight is 469 g/mol. The van der Waals surface area contributed by atoms with Crippen LogP contribution in [0, 0.1) is 0 Å². The van der Waals surface area contributed by atoms with Crippen molar-refractivity contribution in [2.75, 3.05) is 40.9 Å². The van der Waals surface area contributed by atoms with Crippen molar-refractivity contribution in [2.45, 2.75) is 25.4 Å². The maximum Gasteiger partial charge on any atom is 0.257 e. The van der Waals surface area contributed by atoms with Crippen LogP contribution >= 0.6 is 11.6 Å². The second-order valence-corrected chi connectivity index (χ2v) is 8.85. The number of halogens is 1. The zero-order valence-electron chi connectivity index (χ0n) is 19.2. The van der Waals surface area contributed by atoms with Crippen LogP contribution in [0.25, 0.3) is 33.3 Å². The van der Waals surface area contributed by atoms with Gasteiger partial charge in [0.05, 0.1) is 30.5 Å². The SMILES string of the molecule is CNC1CCN(CCn2cc(-c3cc4c(Cl)ccnc4[nH]3)c3nc(OC)c(OC)cc32)CC1. The standard InChI is InChI=1S/C24H29ClN6O2/c1-26-15-5-8-30(9-6-15)10-11-31-14-17(19-12-16-18(25)4-7-27-23(16)28-19)22-20(31)13-21(32-2)24(29-22)33-3/h4,7,12-15,26H,5-6,8-11H2,1-3H3,(H,27,28). The van der Waals surface area contributed by atoms with Crippen LogP contribution in [-0.2, 0) is 6.54 Å². The lowest BCUT2D eigenvalue weighted by Crippen LogP contribution is -2.42. The van der Waals surface area contributed by atoms with Crippen LogP contribution in [0.4, 0.5) is 0 Å². The van der Waals surface area contributed by atoms with Crippen LogP contribution in [0.2, 0.25) is 5.02 Å². The number of piperidine rings is 1. The molecule has 9 heteroatoms. The molecule has 5 heterocycles. The van der Waals surface area contributed by atoms with Crippen LogP contribution in [0.5, 0.6) is 11.6 Å². The van der Waals surface area contributed by atoms with Gasteiger partial charge >= 0.3 is 0 Å². The molecule has 1 fully saturated rings. The number of pyridine rings is 2. The third kappa shape index (κ3) is 4.14. The second kappa shape index (κ2) is 9.21. The van der Waals surface area contributed by atoms with E-state index in [2.05, 4.69) is 38.0 Å². The van der Waals surface area contributed by atoms with Crippen molar-refractivity contribution in [1.29, 1.82) is 0 Å². The van der Waals surface area contributed by atoms with Gasteiger partial charge in [-0.3, -0.25) is 0 Å². The Labute approximate surface area is 197 Å². The second-order valence-electron chi connectivity index (χ2n) is 8.45. The Bertz CT molecular complexity index is 1280. The molecular formula is C24H29ClN6O2. The first-order valence-electron chi connectivity index (χ1n) is 11.3. The molecule has 0 amide bonds. The Kier molecular flexibility index (Phi) is 6.14. The van der Waals surface area contributed by atoms with Crippen molar-refractivity contribution < 1.29 is 9.47 Å². The number of nitrogens with one attached hydrogen (secondary N) is 2. The van der Waals surface area contributed by atoms with Crippen molar-refractivity contribution in [3.05, 3.63) is 35.6 Å². The summed E-state index contributed by atoms with van der Waals surface area (Å²) >= 11 is 6.40. The molecule has 33 heavy (non-hydrogen) atoms. The van der Waals surface area contributed by atoms with Gasteiger partial charge in [0.25, 0.3) is 5.88 Å². The number of fused-ring (bicyclic) bond motifs is 2. The Morgan fingerprint density at radius 1 is 1.18 bits per heavy atom. The number of methoxy groups -OCH3 is 2. The average Bonchev–Trinajstić information content (AvgIpc) is 3.44. The number of H-pyrrole nitrogens is 1. The first-order chi connectivity index (χ1) is 16.1. The van der Waals surface area contributed by atoms with E-state index in [1.807, 2.05) is 12.1 Å². The number of aromatic nitrogens is 4. The van der Waals surface area contributed by atoms with Gasteiger partial charge in [0, 0.05) is 48.5 Å². The van der Waals surface area contributed by atoms with Crippen molar-refractivity contribution >= 4 is 33.7 Å². The van der Waals surface area contributed by atoms with Gasteiger partial charge in [-0.2, -0.15) is 0 Å². The summed E-state index contributed by atoms with van der Waals surface area (Å²) < 4.78 is 13.3. The molecule has 1 saturated heterocycles. The van der Waals surface area contributed by atoms with E-state index in [0.717, 1.165) is 59.5 Å². The summed E-state index contributed by atoms with van der Waals surface area (Å²) in [6, 6.07) is 6.47. The minimum absolute atomic E-state index is 0.463. The molecule has 8 nitrogen and oxygen atoms in total. The Morgan fingerprint density at radius 3 is 2.70 bits per heavy atom. The number of hydrogen-bond donors (Lipinski definition) is 2. The maximum atomic E-state index is 6.40. The summed E-state index contributed by atoms with van der Waals surface area (Å²) in [5, 5.41) is 4.96. The number of hydrogen-bond acceptors (Lipinski definition) is 6. The molecule has 174 valence electrons. The molecule has 0 atom stereocenters. The van der Waals surface area contributed by atoms with Gasteiger partial charge in [0.2, 0.25) is 0 Å². The topological polar surface area (TPSA) is 80.2 Å². The number of likely N-dealkylation sites (tertiary alicyclic amines) is 1. The van der Waals surface area contributed by atoms with E-state index in [1.54, 1.807) is 26.5 Å². The van der Waals surface area contributed by atoms with Crippen molar-refractivity contribution in [3.8, 4) is 22.9 Å². The van der Waals surface area contributed by atoms with Gasteiger partial charge < -0.3 is 29.2 Å². The van der Waals surface area contributed by atoms with Gasteiger partial charge in [-0.1, -0.05) is 11.6 Å². The first-order valence-corrected chi connectivity index (χ1v) is 11.6. The highest BCUT2D eigenvalue weighted by Gasteiger charge is 2.21. The van der Waals surface area contributed by atoms with Crippen LogP contribution in [0.1, 0.15) is 12.8 Å². The quantitative estimate of drug-likeness (QED) is 0.427. The molecule has 4 aromatic heterocycles. The first kappa shape index (κ1) is 22.0. The third-order valence-electron chi connectivity index (χ3n) is 6.62. The van der Waals surface area contributed by atoms with E-state index in [-0.39, 0.29) is 0 Å². The van der Waals surface area contributed by atoms with Gasteiger partial charge in [0.15, 0.2) is 5.75 Å². The maximum absolute atomic E-state index is 6.40. The Balaban J connectivity index is 1.53. The van der Waals surface area contributed by atoms with Crippen LogP contribution < -0.4 is 14.8 Å². The van der Waals surface area contributed by atoms with E-state index < -0.39 is 0 Å². The van der Waals surface area contributed by atoms with Gasteiger partial charge in [-0.15, -0.1) is 0 Å². The number of aromatic amines is 1. The molecule has 0 aromatic carbocycles. The molecule has 2 N–H and O–H groups in total. The summed E-state index contributed by atoms with van der Waals surface area (Å²) in [5.74, 6) is 1.08. The van der Waals surface area contributed by atoms with Gasteiger partial charge in [0.1, 0.15) is 11.2 Å². The van der Waals surface area contributed by atoms with E-state index in [4.69, 9.17) is 26.1 Å². The highest BCUT2D eigenvalue weighted by molar-refractivity contribution is 6.35. The molecule has 0 unspecified atom stereocenters. The fourth-order valence-corrected chi connectivity index (χ4v) is 4.88. The van der Waals surface area contributed by atoms with Crippen molar-refractivity contribution in [3.63, 3.8) is 0 Å². The molecule has 0 saturated carbocycles. The van der Waals surface area contributed by atoms with E-state index in [9.17, 15) is 0 Å². The molecule has 1 aliphatic heterocycles. The van der Waals surface area contributed by atoms with E-state index in [1.165, 1.54) is 12.8 Å². The van der Waals surface area contributed by atoms with E-state index >= 15 is 0 Å². The molecule has 0 spiro atoms. The molecule has 0 radical (unpaired) electrons. The van der Waals surface area contributed by atoms with Crippen LogP contribution in [0.3, 0.4) is 0 Å². The summed E-state index contributed by atoms with van der Waals surface area (Å²) in [7, 11) is 5.29. The normalized spacial score (nSPS) is 15.5. The lowest BCUT2D eigenvalue weighted by atomic mass is 10.1. The highest BCUT2D eigenvalue weighted by Crippen LogP contribution is 2.37.